The van der Waals surface area contributed by atoms with Crippen LogP contribution in [-0.4, -0.2) is 34.7 Å². The molecule has 0 radical (unpaired) electrons. The third-order valence-electron chi connectivity index (χ3n) is 4.87. The van der Waals surface area contributed by atoms with E-state index in [1.165, 1.54) is 0 Å². The van der Waals surface area contributed by atoms with Crippen molar-refractivity contribution in [1.29, 1.82) is 0 Å². The van der Waals surface area contributed by atoms with E-state index in [0.717, 1.165) is 24.9 Å². The summed E-state index contributed by atoms with van der Waals surface area (Å²) < 4.78 is 5.45. The molecule has 3 aromatic rings. The number of nitrogens with one attached hydrogen (secondary N) is 2. The quantitative estimate of drug-likeness (QED) is 0.698. The highest BCUT2D eigenvalue weighted by Gasteiger charge is 2.23. The monoisotopic (exact) mass is 396 g/mol. The summed E-state index contributed by atoms with van der Waals surface area (Å²) in [6.45, 7) is 3.03. The van der Waals surface area contributed by atoms with Gasteiger partial charge in [0.2, 0.25) is 5.82 Å². The molecule has 1 saturated heterocycles. The zero-order valence-corrected chi connectivity index (χ0v) is 16.2. The van der Waals surface area contributed by atoms with Crippen LogP contribution in [0.1, 0.15) is 30.1 Å². The summed E-state index contributed by atoms with van der Waals surface area (Å²) in [5.74, 6) is 0.608. The average Bonchev–Trinajstić information content (AvgIpc) is 3.18. The van der Waals surface area contributed by atoms with Gasteiger partial charge in [-0.15, -0.1) is 0 Å². The lowest BCUT2D eigenvalue weighted by Crippen LogP contribution is -2.46. The first-order valence-electron chi connectivity index (χ1n) is 9.33. The molecule has 144 valence electrons. The van der Waals surface area contributed by atoms with E-state index >= 15 is 0 Å². The number of aromatic nitrogens is 2. The Kier molecular flexibility index (Phi) is 5.41. The molecule has 1 aliphatic heterocycles. The molecular formula is C21H21ClN4O2. The Bertz CT molecular complexity index is 988. The van der Waals surface area contributed by atoms with Crippen molar-refractivity contribution in [2.75, 3.05) is 6.54 Å². The zero-order valence-electron chi connectivity index (χ0n) is 15.5. The minimum atomic E-state index is -0.128. The van der Waals surface area contributed by atoms with Crippen LogP contribution in [0.3, 0.4) is 0 Å². The van der Waals surface area contributed by atoms with Gasteiger partial charge in [-0.2, -0.15) is 4.98 Å². The van der Waals surface area contributed by atoms with Crippen LogP contribution in [0.5, 0.6) is 0 Å². The van der Waals surface area contributed by atoms with Gasteiger partial charge >= 0.3 is 0 Å². The van der Waals surface area contributed by atoms with Gasteiger partial charge in [-0.25, -0.2) is 0 Å². The van der Waals surface area contributed by atoms with Crippen molar-refractivity contribution >= 4 is 17.5 Å². The standard InChI is InChI=1S/C21H21ClN4O2/c1-13-11-16(9-10-23-13)24-20(27)17-7-2-3-8-18(17)21-25-19(26-28-21)14-5-4-6-15(22)12-14/h2-8,12-13,16,23H,9-11H2,1H3,(H,24,27). The molecule has 0 spiro atoms. The molecular weight excluding hydrogens is 376 g/mol. The molecule has 0 aliphatic carbocycles. The molecule has 2 aromatic carbocycles. The van der Waals surface area contributed by atoms with E-state index in [1.807, 2.05) is 30.3 Å². The number of piperidine rings is 1. The average molecular weight is 397 g/mol. The van der Waals surface area contributed by atoms with Gasteiger partial charge in [0.25, 0.3) is 11.8 Å². The molecule has 1 amide bonds. The van der Waals surface area contributed by atoms with Crippen LogP contribution in [0, 0.1) is 0 Å². The third-order valence-corrected chi connectivity index (χ3v) is 5.10. The van der Waals surface area contributed by atoms with Gasteiger partial charge in [-0.1, -0.05) is 41.0 Å². The minimum Gasteiger partial charge on any atom is -0.349 e. The van der Waals surface area contributed by atoms with Crippen molar-refractivity contribution in [1.82, 2.24) is 20.8 Å². The first-order valence-corrected chi connectivity index (χ1v) is 9.71. The molecule has 7 heteroatoms. The lowest BCUT2D eigenvalue weighted by atomic mass is 9.99. The van der Waals surface area contributed by atoms with Gasteiger partial charge in [0.05, 0.1) is 11.1 Å². The number of benzene rings is 2. The second-order valence-corrected chi connectivity index (χ2v) is 7.47. The molecule has 2 unspecified atom stereocenters. The largest absolute Gasteiger partial charge is 0.349 e. The SMILES string of the molecule is CC1CC(NC(=O)c2ccccc2-c2nc(-c3cccc(Cl)c3)no2)CCN1. The molecule has 0 saturated carbocycles. The third kappa shape index (κ3) is 4.08. The van der Waals surface area contributed by atoms with Gasteiger partial charge in [-0.05, 0) is 50.6 Å². The molecule has 2 heterocycles. The molecule has 1 aliphatic rings. The van der Waals surface area contributed by atoms with Crippen LogP contribution in [0.25, 0.3) is 22.8 Å². The van der Waals surface area contributed by atoms with Crippen LogP contribution in [0.15, 0.2) is 53.1 Å². The lowest BCUT2D eigenvalue weighted by molar-refractivity contribution is 0.0926. The van der Waals surface area contributed by atoms with Crippen LogP contribution in [0.2, 0.25) is 5.02 Å². The van der Waals surface area contributed by atoms with E-state index in [4.69, 9.17) is 16.1 Å². The van der Waals surface area contributed by atoms with Gasteiger partial charge in [-0.3, -0.25) is 4.79 Å². The van der Waals surface area contributed by atoms with Crippen molar-refractivity contribution in [3.8, 4) is 22.8 Å². The Balaban J connectivity index is 1.59. The highest BCUT2D eigenvalue weighted by Crippen LogP contribution is 2.26. The zero-order chi connectivity index (χ0) is 19.5. The summed E-state index contributed by atoms with van der Waals surface area (Å²) in [4.78, 5) is 17.4. The number of carbonyl (C=O) groups is 1. The summed E-state index contributed by atoms with van der Waals surface area (Å²) >= 11 is 6.04. The second-order valence-electron chi connectivity index (χ2n) is 7.03. The van der Waals surface area contributed by atoms with Crippen LogP contribution in [-0.2, 0) is 0 Å². The molecule has 1 fully saturated rings. The summed E-state index contributed by atoms with van der Waals surface area (Å²) in [5.41, 5.74) is 1.89. The number of amides is 1. The molecule has 0 bridgehead atoms. The fourth-order valence-electron chi connectivity index (χ4n) is 3.47. The van der Waals surface area contributed by atoms with Crippen LogP contribution >= 0.6 is 11.6 Å². The Labute approximate surface area is 168 Å². The maximum absolute atomic E-state index is 12.9. The Morgan fingerprint density at radius 2 is 2.11 bits per heavy atom. The normalized spacial score (nSPS) is 19.4. The highest BCUT2D eigenvalue weighted by atomic mass is 35.5. The predicted octanol–water partition coefficient (Wildman–Crippen LogP) is 3.93. The Hall–Kier alpha value is -2.70. The van der Waals surface area contributed by atoms with Gasteiger partial charge < -0.3 is 15.2 Å². The number of hydrogen-bond acceptors (Lipinski definition) is 5. The summed E-state index contributed by atoms with van der Waals surface area (Å²) in [7, 11) is 0. The van der Waals surface area contributed by atoms with Gasteiger partial charge in [0.1, 0.15) is 0 Å². The minimum absolute atomic E-state index is 0.128. The number of halogens is 1. The Morgan fingerprint density at radius 1 is 1.25 bits per heavy atom. The van der Waals surface area contributed by atoms with E-state index in [2.05, 4.69) is 27.7 Å². The van der Waals surface area contributed by atoms with Crippen molar-refractivity contribution in [3.05, 3.63) is 59.1 Å². The van der Waals surface area contributed by atoms with Crippen LogP contribution in [0.4, 0.5) is 0 Å². The summed E-state index contributed by atoms with van der Waals surface area (Å²) in [6, 6.07) is 15.1. The van der Waals surface area contributed by atoms with E-state index in [-0.39, 0.29) is 11.9 Å². The van der Waals surface area contributed by atoms with E-state index in [9.17, 15) is 4.79 Å². The summed E-state index contributed by atoms with van der Waals surface area (Å²) in [5, 5.41) is 11.2. The van der Waals surface area contributed by atoms with Crippen molar-refractivity contribution < 1.29 is 9.32 Å². The van der Waals surface area contributed by atoms with Gasteiger partial charge in [0.15, 0.2) is 0 Å². The first kappa shape index (κ1) is 18.7. The molecule has 28 heavy (non-hydrogen) atoms. The molecule has 1 aromatic heterocycles. The lowest BCUT2D eigenvalue weighted by Gasteiger charge is -2.28. The molecule has 6 nitrogen and oxygen atoms in total. The topological polar surface area (TPSA) is 80.1 Å². The predicted molar refractivity (Wildman–Crippen MR) is 108 cm³/mol. The first-order chi connectivity index (χ1) is 13.6. The number of hydrogen-bond donors (Lipinski definition) is 2. The number of carbonyl (C=O) groups excluding carboxylic acids is 1. The fraction of sp³-hybridized carbons (Fsp3) is 0.286. The van der Waals surface area contributed by atoms with Crippen molar-refractivity contribution in [3.63, 3.8) is 0 Å². The van der Waals surface area contributed by atoms with Crippen molar-refractivity contribution in [2.24, 2.45) is 0 Å². The van der Waals surface area contributed by atoms with Crippen LogP contribution < -0.4 is 10.6 Å². The van der Waals surface area contributed by atoms with E-state index in [0.29, 0.717) is 33.9 Å². The number of rotatable bonds is 4. The van der Waals surface area contributed by atoms with E-state index < -0.39 is 0 Å². The fourth-order valence-corrected chi connectivity index (χ4v) is 3.66. The van der Waals surface area contributed by atoms with Crippen molar-refractivity contribution in [2.45, 2.75) is 31.8 Å². The second kappa shape index (κ2) is 8.12. The summed E-state index contributed by atoms with van der Waals surface area (Å²) in [6.07, 6.45) is 1.82. The van der Waals surface area contributed by atoms with Gasteiger partial charge in [0, 0.05) is 22.7 Å². The maximum Gasteiger partial charge on any atom is 0.259 e. The highest BCUT2D eigenvalue weighted by molar-refractivity contribution is 6.30. The van der Waals surface area contributed by atoms with E-state index in [1.54, 1.807) is 18.2 Å². The molecule has 2 atom stereocenters. The maximum atomic E-state index is 12.9. The number of nitrogens with zero attached hydrogens (tertiary/aromatic N) is 2. The Morgan fingerprint density at radius 3 is 2.93 bits per heavy atom. The molecule has 4 rings (SSSR count). The smallest absolute Gasteiger partial charge is 0.259 e. The molecule has 2 N–H and O–H groups in total.